The number of hydrogen-bond acceptors (Lipinski definition) is 2. The maximum atomic E-state index is 3.22. The fraction of sp³-hybridized carbons (Fsp3) is 0.333. The lowest BCUT2D eigenvalue weighted by atomic mass is 10.0. The summed E-state index contributed by atoms with van der Waals surface area (Å²) in [6, 6.07) is 19.4. The second-order valence-corrected chi connectivity index (χ2v) is 5.28. The Hall–Kier alpha value is -1.64. The van der Waals surface area contributed by atoms with Crippen LogP contribution in [-0.2, 0) is 19.5 Å². The first-order valence-corrected chi connectivity index (χ1v) is 7.23. The van der Waals surface area contributed by atoms with E-state index in [4.69, 9.17) is 0 Å². The predicted molar refractivity (Wildman–Crippen MR) is 85.7 cm³/mol. The van der Waals surface area contributed by atoms with Gasteiger partial charge in [0.2, 0.25) is 0 Å². The first-order valence-electron chi connectivity index (χ1n) is 7.23. The van der Waals surface area contributed by atoms with Crippen molar-refractivity contribution in [1.29, 1.82) is 0 Å². The second kappa shape index (κ2) is 7.83. The second-order valence-electron chi connectivity index (χ2n) is 5.28. The van der Waals surface area contributed by atoms with E-state index >= 15 is 0 Å². The van der Waals surface area contributed by atoms with Crippen LogP contribution in [0.4, 0.5) is 0 Å². The Labute approximate surface area is 122 Å². The Balaban J connectivity index is 1.98. The number of nitrogens with one attached hydrogen (secondary N) is 1. The summed E-state index contributed by atoms with van der Waals surface area (Å²) in [4.78, 5) is 2.37. The molecule has 0 saturated carbocycles. The van der Waals surface area contributed by atoms with E-state index in [1.165, 1.54) is 16.7 Å². The van der Waals surface area contributed by atoms with Gasteiger partial charge in [0, 0.05) is 13.1 Å². The van der Waals surface area contributed by atoms with E-state index < -0.39 is 0 Å². The molecule has 2 aromatic rings. The molecule has 0 saturated heterocycles. The summed E-state index contributed by atoms with van der Waals surface area (Å²) < 4.78 is 0. The minimum Gasteiger partial charge on any atom is -0.319 e. The first kappa shape index (κ1) is 14.8. The maximum Gasteiger partial charge on any atom is 0.0236 e. The molecule has 0 aliphatic carbocycles. The smallest absolute Gasteiger partial charge is 0.0236 e. The van der Waals surface area contributed by atoms with Gasteiger partial charge in [-0.15, -0.1) is 0 Å². The highest BCUT2D eigenvalue weighted by atomic mass is 15.1. The molecule has 0 bridgehead atoms. The van der Waals surface area contributed by atoms with E-state index in [9.17, 15) is 0 Å². The van der Waals surface area contributed by atoms with Crippen molar-refractivity contribution in [2.45, 2.75) is 19.5 Å². The molecular formula is C18H24N2. The van der Waals surface area contributed by atoms with Gasteiger partial charge in [0.25, 0.3) is 0 Å². The summed E-state index contributed by atoms with van der Waals surface area (Å²) in [5, 5.41) is 3.22. The molecule has 2 rings (SSSR count). The number of rotatable bonds is 7. The van der Waals surface area contributed by atoms with Gasteiger partial charge in [-0.05, 0) is 43.8 Å². The van der Waals surface area contributed by atoms with E-state index in [1.807, 2.05) is 7.05 Å². The summed E-state index contributed by atoms with van der Waals surface area (Å²) in [7, 11) is 4.19. The van der Waals surface area contributed by atoms with E-state index in [0.29, 0.717) is 0 Å². The molecule has 0 heterocycles. The standard InChI is InChI=1S/C18H24N2/c1-19-13-12-17-10-6-7-11-18(17)15-20(2)14-16-8-4-3-5-9-16/h3-11,19H,12-15H2,1-2H3. The van der Waals surface area contributed by atoms with Crippen molar-refractivity contribution in [3.63, 3.8) is 0 Å². The first-order chi connectivity index (χ1) is 9.79. The monoisotopic (exact) mass is 268 g/mol. The number of likely N-dealkylation sites (N-methyl/N-ethyl adjacent to an activating group) is 1. The Morgan fingerprint density at radius 3 is 2.20 bits per heavy atom. The van der Waals surface area contributed by atoms with Crippen LogP contribution in [0, 0.1) is 0 Å². The van der Waals surface area contributed by atoms with Crippen molar-refractivity contribution >= 4 is 0 Å². The summed E-state index contributed by atoms with van der Waals surface area (Å²) >= 11 is 0. The highest BCUT2D eigenvalue weighted by Crippen LogP contribution is 2.13. The molecule has 0 aliphatic rings. The van der Waals surface area contributed by atoms with Gasteiger partial charge in [-0.1, -0.05) is 54.6 Å². The zero-order valence-electron chi connectivity index (χ0n) is 12.5. The largest absolute Gasteiger partial charge is 0.319 e. The normalized spacial score (nSPS) is 10.9. The van der Waals surface area contributed by atoms with Gasteiger partial charge in [0.05, 0.1) is 0 Å². The average Bonchev–Trinajstić information content (AvgIpc) is 2.47. The van der Waals surface area contributed by atoms with Gasteiger partial charge in [-0.3, -0.25) is 4.90 Å². The summed E-state index contributed by atoms with van der Waals surface area (Å²) in [6.45, 7) is 3.01. The van der Waals surface area contributed by atoms with Crippen molar-refractivity contribution in [3.8, 4) is 0 Å². The van der Waals surface area contributed by atoms with Crippen molar-refractivity contribution in [1.82, 2.24) is 10.2 Å². The molecule has 1 N–H and O–H groups in total. The number of nitrogens with zero attached hydrogens (tertiary/aromatic N) is 1. The van der Waals surface area contributed by atoms with Crippen LogP contribution in [0.25, 0.3) is 0 Å². The minimum atomic E-state index is 0.987. The SMILES string of the molecule is CNCCc1ccccc1CN(C)Cc1ccccc1. The van der Waals surface area contributed by atoms with Crippen LogP contribution in [0.1, 0.15) is 16.7 Å². The van der Waals surface area contributed by atoms with Crippen molar-refractivity contribution < 1.29 is 0 Å². The lowest BCUT2D eigenvalue weighted by molar-refractivity contribution is 0.318. The van der Waals surface area contributed by atoms with Crippen LogP contribution < -0.4 is 5.32 Å². The molecule has 0 unspecified atom stereocenters. The van der Waals surface area contributed by atoms with Crippen LogP contribution in [-0.4, -0.2) is 25.5 Å². The molecule has 0 aliphatic heterocycles. The molecule has 0 atom stereocenters. The average molecular weight is 268 g/mol. The topological polar surface area (TPSA) is 15.3 Å². The molecule has 2 nitrogen and oxygen atoms in total. The lowest BCUT2D eigenvalue weighted by Gasteiger charge is -2.19. The number of benzene rings is 2. The minimum absolute atomic E-state index is 0.987. The van der Waals surface area contributed by atoms with Gasteiger partial charge in [-0.25, -0.2) is 0 Å². The Bertz CT molecular complexity index is 508. The molecule has 2 heteroatoms. The summed E-state index contributed by atoms with van der Waals surface area (Å²) in [5.74, 6) is 0. The van der Waals surface area contributed by atoms with Crippen LogP contribution in [0.5, 0.6) is 0 Å². The quantitative estimate of drug-likeness (QED) is 0.830. The fourth-order valence-electron chi connectivity index (χ4n) is 2.46. The molecule has 20 heavy (non-hydrogen) atoms. The zero-order chi connectivity index (χ0) is 14.2. The highest BCUT2D eigenvalue weighted by molar-refractivity contribution is 5.27. The van der Waals surface area contributed by atoms with Gasteiger partial charge < -0.3 is 5.32 Å². The van der Waals surface area contributed by atoms with Crippen molar-refractivity contribution in [2.24, 2.45) is 0 Å². The summed E-state index contributed by atoms with van der Waals surface area (Å²) in [5.41, 5.74) is 4.24. The van der Waals surface area contributed by atoms with Gasteiger partial charge in [0.15, 0.2) is 0 Å². The van der Waals surface area contributed by atoms with E-state index in [0.717, 1.165) is 26.1 Å². The van der Waals surface area contributed by atoms with Crippen molar-refractivity contribution in [3.05, 3.63) is 71.3 Å². The molecule has 0 spiro atoms. The molecule has 2 aromatic carbocycles. The van der Waals surface area contributed by atoms with Crippen LogP contribution in [0.3, 0.4) is 0 Å². The Morgan fingerprint density at radius 1 is 0.850 bits per heavy atom. The predicted octanol–water partition coefficient (Wildman–Crippen LogP) is 3.08. The fourth-order valence-corrected chi connectivity index (χ4v) is 2.46. The van der Waals surface area contributed by atoms with Gasteiger partial charge in [-0.2, -0.15) is 0 Å². The van der Waals surface area contributed by atoms with Crippen molar-refractivity contribution in [2.75, 3.05) is 20.6 Å². The van der Waals surface area contributed by atoms with Gasteiger partial charge >= 0.3 is 0 Å². The third-order valence-corrected chi connectivity index (χ3v) is 3.50. The molecule has 0 amide bonds. The third-order valence-electron chi connectivity index (χ3n) is 3.50. The van der Waals surface area contributed by atoms with Crippen LogP contribution in [0.2, 0.25) is 0 Å². The number of hydrogen-bond donors (Lipinski definition) is 1. The Morgan fingerprint density at radius 2 is 1.50 bits per heavy atom. The third kappa shape index (κ3) is 4.48. The zero-order valence-corrected chi connectivity index (χ0v) is 12.5. The molecule has 106 valence electrons. The molecular weight excluding hydrogens is 244 g/mol. The maximum absolute atomic E-state index is 3.22. The van der Waals surface area contributed by atoms with E-state index in [1.54, 1.807) is 0 Å². The van der Waals surface area contributed by atoms with Crippen LogP contribution >= 0.6 is 0 Å². The van der Waals surface area contributed by atoms with E-state index in [2.05, 4.69) is 71.9 Å². The molecule has 0 aromatic heterocycles. The van der Waals surface area contributed by atoms with Gasteiger partial charge in [0.1, 0.15) is 0 Å². The molecule has 0 fully saturated rings. The summed E-state index contributed by atoms with van der Waals surface area (Å²) in [6.07, 6.45) is 1.09. The van der Waals surface area contributed by atoms with Crippen LogP contribution in [0.15, 0.2) is 54.6 Å². The lowest BCUT2D eigenvalue weighted by Crippen LogP contribution is -2.19. The Kier molecular flexibility index (Phi) is 5.78. The molecule has 0 radical (unpaired) electrons. The highest BCUT2D eigenvalue weighted by Gasteiger charge is 2.05. The van der Waals surface area contributed by atoms with E-state index in [-0.39, 0.29) is 0 Å².